The molecule has 0 fully saturated rings. The second-order valence-corrected chi connectivity index (χ2v) is 14.7. The molecular formula is C42H34B8O. The lowest BCUT2D eigenvalue weighted by Crippen LogP contribution is -2.50. The van der Waals surface area contributed by atoms with Gasteiger partial charge < -0.3 is 4.42 Å². The van der Waals surface area contributed by atoms with Gasteiger partial charge in [0.05, 0.1) is 0 Å². The summed E-state index contributed by atoms with van der Waals surface area (Å²) < 4.78 is 6.61. The van der Waals surface area contributed by atoms with Crippen molar-refractivity contribution in [1.29, 1.82) is 0 Å². The van der Waals surface area contributed by atoms with Crippen molar-refractivity contribution in [3.8, 4) is 33.4 Å². The average molecular weight is 641 g/mol. The molecular weight excluding hydrogens is 607 g/mol. The van der Waals surface area contributed by atoms with E-state index >= 15 is 0 Å². The highest BCUT2D eigenvalue weighted by Crippen LogP contribution is 2.43. The van der Waals surface area contributed by atoms with E-state index in [2.05, 4.69) is 172 Å². The molecule has 0 bridgehead atoms. The van der Waals surface area contributed by atoms with Gasteiger partial charge in [-0.2, -0.15) is 0 Å². The van der Waals surface area contributed by atoms with Crippen LogP contribution in [-0.4, -0.2) is 62.8 Å². The first-order valence-electron chi connectivity index (χ1n) is 18.1. The molecule has 0 unspecified atom stereocenters. The third kappa shape index (κ3) is 4.60. The maximum atomic E-state index is 6.61. The van der Waals surface area contributed by atoms with E-state index in [1.54, 1.807) is 0 Å². The van der Waals surface area contributed by atoms with Gasteiger partial charge in [0, 0.05) is 16.2 Å². The minimum Gasteiger partial charge on any atom is -0.455 e. The molecule has 0 saturated heterocycles. The summed E-state index contributed by atoms with van der Waals surface area (Å²) in [5.74, 6) is 0. The van der Waals surface area contributed by atoms with Crippen LogP contribution >= 0.6 is 0 Å². The van der Waals surface area contributed by atoms with Crippen LogP contribution in [0.1, 0.15) is 0 Å². The molecule has 1 heterocycles. The van der Waals surface area contributed by atoms with Crippen molar-refractivity contribution in [2.75, 3.05) is 0 Å². The Kier molecular flexibility index (Phi) is 7.30. The van der Waals surface area contributed by atoms with E-state index in [1.165, 1.54) is 104 Å². The Bertz CT molecular complexity index is 2850. The minimum absolute atomic E-state index is 0.925. The SMILES string of the molecule is Bc1c(B)c(B)c2c(-c3ccc4oc5c6ccccc6ccc5c4c3)c3c(B)c(B)c(B)c(B)c3c(-c3ccc(-c4ccccc4)cc3)c2c1B. The summed E-state index contributed by atoms with van der Waals surface area (Å²) >= 11 is 0. The Morgan fingerprint density at radius 3 is 1.39 bits per heavy atom. The van der Waals surface area contributed by atoms with Crippen LogP contribution in [0, 0.1) is 0 Å². The van der Waals surface area contributed by atoms with E-state index in [-0.39, 0.29) is 0 Å². The van der Waals surface area contributed by atoms with Crippen molar-refractivity contribution in [3.05, 3.63) is 109 Å². The van der Waals surface area contributed by atoms with Crippen molar-refractivity contribution >= 4 is 161 Å². The molecule has 0 radical (unpaired) electrons. The highest BCUT2D eigenvalue weighted by atomic mass is 16.3. The number of benzene rings is 8. The number of furan rings is 1. The maximum Gasteiger partial charge on any atom is 0.143 e. The lowest BCUT2D eigenvalue weighted by Gasteiger charge is -2.28. The third-order valence-corrected chi connectivity index (χ3v) is 12.3. The van der Waals surface area contributed by atoms with Crippen molar-refractivity contribution < 1.29 is 4.42 Å². The predicted octanol–water partition coefficient (Wildman–Crippen LogP) is -1.89. The van der Waals surface area contributed by atoms with Gasteiger partial charge in [-0.05, 0) is 78.5 Å². The molecule has 1 nitrogen and oxygen atoms in total. The van der Waals surface area contributed by atoms with Crippen LogP contribution < -0.4 is 43.7 Å². The number of hydrogen-bond donors (Lipinski definition) is 0. The predicted molar refractivity (Wildman–Crippen MR) is 248 cm³/mol. The summed E-state index contributed by atoms with van der Waals surface area (Å²) in [6, 6.07) is 39.8. The Labute approximate surface area is 306 Å². The normalized spacial score (nSPS) is 11.8. The average Bonchev–Trinajstić information content (AvgIpc) is 3.55. The van der Waals surface area contributed by atoms with Crippen molar-refractivity contribution in [3.63, 3.8) is 0 Å². The monoisotopic (exact) mass is 642 g/mol. The molecule has 0 N–H and O–H groups in total. The first-order chi connectivity index (χ1) is 24.7. The lowest BCUT2D eigenvalue weighted by molar-refractivity contribution is 0.672. The summed E-state index contributed by atoms with van der Waals surface area (Å²) in [6.45, 7) is 0. The zero-order valence-corrected chi connectivity index (χ0v) is 30.8. The molecule has 0 saturated carbocycles. The fourth-order valence-corrected chi connectivity index (χ4v) is 8.82. The van der Waals surface area contributed by atoms with E-state index in [4.69, 9.17) is 4.42 Å². The smallest absolute Gasteiger partial charge is 0.143 e. The van der Waals surface area contributed by atoms with Crippen LogP contribution in [0.4, 0.5) is 0 Å². The second kappa shape index (κ2) is 11.7. The van der Waals surface area contributed by atoms with Gasteiger partial charge in [0.2, 0.25) is 0 Å². The van der Waals surface area contributed by atoms with E-state index in [0.29, 0.717) is 0 Å². The van der Waals surface area contributed by atoms with Crippen LogP contribution in [0.25, 0.3) is 87.6 Å². The zero-order chi connectivity index (χ0) is 35.3. The fraction of sp³-hybridized carbons (Fsp3) is 0. The van der Waals surface area contributed by atoms with Gasteiger partial charge in [0.1, 0.15) is 73.9 Å². The molecule has 9 heteroatoms. The van der Waals surface area contributed by atoms with Crippen molar-refractivity contribution in [2.24, 2.45) is 0 Å². The van der Waals surface area contributed by atoms with Crippen LogP contribution in [0.5, 0.6) is 0 Å². The van der Waals surface area contributed by atoms with Crippen molar-refractivity contribution in [1.82, 2.24) is 0 Å². The van der Waals surface area contributed by atoms with Crippen LogP contribution in [0.2, 0.25) is 0 Å². The summed E-state index contributed by atoms with van der Waals surface area (Å²) in [5, 5.41) is 10.1. The maximum absolute atomic E-state index is 6.61. The van der Waals surface area contributed by atoms with E-state index in [0.717, 1.165) is 27.3 Å². The molecule has 9 rings (SSSR count). The zero-order valence-electron chi connectivity index (χ0n) is 30.8. The Morgan fingerprint density at radius 1 is 0.333 bits per heavy atom. The standard InChI is InChI=1S/C42H34B8O/c43-34-30-28(22-12-10-20(11-13-22)19-6-2-1-3-7-19)31-33(37(46)41(50)39(48)35(31)44)29(32(30)36(45)40(49)38(34)47)23-15-17-27-26(18-23)25-16-14-21-8-4-5-9-24(21)42(25)51-27/h1-18H,43-50H2. The lowest BCUT2D eigenvalue weighted by atomic mass is 9.59. The molecule has 0 atom stereocenters. The van der Waals surface area contributed by atoms with Gasteiger partial charge in [0.15, 0.2) is 0 Å². The largest absolute Gasteiger partial charge is 0.455 e. The molecule has 1 aromatic heterocycles. The minimum atomic E-state index is 0.925. The molecule has 9 aromatic rings. The van der Waals surface area contributed by atoms with Gasteiger partial charge in [-0.15, -0.1) is 21.9 Å². The van der Waals surface area contributed by atoms with E-state index in [9.17, 15) is 0 Å². The Morgan fingerprint density at radius 2 is 0.804 bits per heavy atom. The highest BCUT2D eigenvalue weighted by Gasteiger charge is 2.25. The first-order valence-corrected chi connectivity index (χ1v) is 18.1. The highest BCUT2D eigenvalue weighted by molar-refractivity contribution is 6.71. The fourth-order valence-electron chi connectivity index (χ4n) is 8.82. The summed E-state index contributed by atoms with van der Waals surface area (Å²) in [4.78, 5) is 0. The van der Waals surface area contributed by atoms with Gasteiger partial charge in [0.25, 0.3) is 0 Å². The van der Waals surface area contributed by atoms with Gasteiger partial charge in [-0.1, -0.05) is 113 Å². The van der Waals surface area contributed by atoms with Gasteiger partial charge >= 0.3 is 0 Å². The molecule has 0 aliphatic carbocycles. The number of fused-ring (bicyclic) bond motifs is 7. The van der Waals surface area contributed by atoms with Gasteiger partial charge in [-0.3, -0.25) is 0 Å². The number of rotatable bonds is 3. The van der Waals surface area contributed by atoms with E-state index in [1.807, 2.05) is 0 Å². The summed E-state index contributed by atoms with van der Waals surface area (Å²) in [7, 11) is 18.5. The summed E-state index contributed by atoms with van der Waals surface area (Å²) in [5.41, 5.74) is 20.4. The quantitative estimate of drug-likeness (QED) is 0.163. The van der Waals surface area contributed by atoms with Crippen LogP contribution in [0.15, 0.2) is 114 Å². The first kappa shape index (κ1) is 31.8. The summed E-state index contributed by atoms with van der Waals surface area (Å²) in [6.07, 6.45) is 0. The topological polar surface area (TPSA) is 13.1 Å². The molecule has 232 valence electrons. The van der Waals surface area contributed by atoms with E-state index < -0.39 is 0 Å². The van der Waals surface area contributed by atoms with Crippen molar-refractivity contribution in [2.45, 2.75) is 0 Å². The van der Waals surface area contributed by atoms with Gasteiger partial charge in [-0.25, -0.2) is 0 Å². The molecule has 0 aliphatic heterocycles. The molecule has 0 spiro atoms. The van der Waals surface area contributed by atoms with Crippen LogP contribution in [0.3, 0.4) is 0 Å². The Hall–Kier alpha value is -5.14. The molecule has 0 amide bonds. The molecule has 0 aliphatic rings. The molecule has 51 heavy (non-hydrogen) atoms. The second-order valence-electron chi connectivity index (χ2n) is 14.7. The molecule has 8 aromatic carbocycles. The number of hydrogen-bond acceptors (Lipinski definition) is 1. The third-order valence-electron chi connectivity index (χ3n) is 12.3. The Balaban J connectivity index is 1.45. The van der Waals surface area contributed by atoms with Crippen LogP contribution in [-0.2, 0) is 0 Å².